The van der Waals surface area contributed by atoms with Crippen LogP contribution in [0.15, 0.2) is 34.4 Å². The summed E-state index contributed by atoms with van der Waals surface area (Å²) in [5.41, 5.74) is 5.65. The maximum atomic E-state index is 3.24. The first-order chi connectivity index (χ1) is 9.38. The predicted molar refractivity (Wildman–Crippen MR) is 103 cm³/mol. The molecular formula is C18H30Cl2SiTi. The second-order valence-electron chi connectivity index (χ2n) is 5.39. The number of rotatable bonds is 2. The van der Waals surface area contributed by atoms with Gasteiger partial charge in [-0.1, -0.05) is 40.5 Å². The molecule has 4 heteroatoms. The van der Waals surface area contributed by atoms with Gasteiger partial charge in [-0.15, -0.1) is 37.7 Å². The van der Waals surface area contributed by atoms with Gasteiger partial charge in [0.1, 0.15) is 0 Å². The van der Waals surface area contributed by atoms with Crippen molar-refractivity contribution in [1.82, 2.24) is 0 Å². The monoisotopic (exact) mass is 392 g/mol. The van der Waals surface area contributed by atoms with Gasteiger partial charge in [-0.25, -0.2) is 23.3 Å². The third-order valence-corrected chi connectivity index (χ3v) is 2.94. The summed E-state index contributed by atoms with van der Waals surface area (Å²) in [6.07, 6.45) is 15.6. The summed E-state index contributed by atoms with van der Waals surface area (Å²) in [6.45, 7) is 13.1. The molecule has 0 saturated carbocycles. The molecule has 0 N–H and O–H groups in total. The SMILES string of the molecule is CCC1=CC(C)=[C-]C1.CCC1=CC(C)=[C-]C1.C[Si](C)=[Ti+2].Cl.Cl. The third kappa shape index (κ3) is 15.4. The number of allylic oxidation sites excluding steroid dienone is 8. The smallest absolute Gasteiger partial charge is 0.147 e. The first kappa shape index (κ1) is 27.3. The Morgan fingerprint density at radius 1 is 0.909 bits per heavy atom. The van der Waals surface area contributed by atoms with Crippen LogP contribution in [0.4, 0.5) is 0 Å². The van der Waals surface area contributed by atoms with Crippen molar-refractivity contribution in [2.45, 2.75) is 66.5 Å². The van der Waals surface area contributed by atoms with E-state index in [4.69, 9.17) is 0 Å². The van der Waals surface area contributed by atoms with E-state index in [1.54, 1.807) is 0 Å². The Morgan fingerprint density at radius 2 is 1.18 bits per heavy atom. The van der Waals surface area contributed by atoms with Crippen LogP contribution in [0.3, 0.4) is 0 Å². The van der Waals surface area contributed by atoms with E-state index < -0.39 is 0 Å². The molecule has 0 amide bonds. The molecule has 0 unspecified atom stereocenters. The number of halogens is 2. The van der Waals surface area contributed by atoms with Crippen LogP contribution >= 0.6 is 24.8 Å². The van der Waals surface area contributed by atoms with E-state index in [1.807, 2.05) is 0 Å². The molecule has 0 nitrogen and oxygen atoms in total. The Hall–Kier alpha value is 0.471. The molecule has 2 rings (SSSR count). The van der Waals surface area contributed by atoms with Crippen LogP contribution in [0.2, 0.25) is 13.1 Å². The van der Waals surface area contributed by atoms with Crippen LogP contribution in [0.5, 0.6) is 0 Å². The zero-order chi connectivity index (χ0) is 15.5. The summed E-state index contributed by atoms with van der Waals surface area (Å²) in [5, 5.41) is 0. The Bertz CT molecular complexity index is 406. The molecule has 0 bridgehead atoms. The molecule has 2 aliphatic rings. The third-order valence-electron chi connectivity index (χ3n) is 2.94. The van der Waals surface area contributed by atoms with Crippen LogP contribution in [-0.2, 0) is 19.2 Å². The maximum Gasteiger partial charge on any atom is -0.147 e. The average molecular weight is 393 g/mol. The molecule has 0 aromatic heterocycles. The first-order valence-electron chi connectivity index (χ1n) is 7.44. The van der Waals surface area contributed by atoms with Crippen molar-refractivity contribution in [3.05, 3.63) is 46.6 Å². The number of hydrogen-bond donors (Lipinski definition) is 0. The minimum atomic E-state index is 0. The van der Waals surface area contributed by atoms with Gasteiger partial charge in [0.25, 0.3) is 0 Å². The largest absolute Gasteiger partial charge is 0.147 e. The van der Waals surface area contributed by atoms with Gasteiger partial charge in [-0.2, -0.15) is 11.1 Å². The van der Waals surface area contributed by atoms with Gasteiger partial charge in [-0.3, -0.25) is 12.2 Å². The summed E-state index contributed by atoms with van der Waals surface area (Å²) in [4.78, 5) is 0. The molecule has 22 heavy (non-hydrogen) atoms. The van der Waals surface area contributed by atoms with Crippen LogP contribution in [0.1, 0.15) is 53.4 Å². The molecule has 0 aromatic rings. The van der Waals surface area contributed by atoms with Gasteiger partial charge in [0.15, 0.2) is 0 Å². The van der Waals surface area contributed by atoms with Crippen LogP contribution in [0, 0.1) is 12.2 Å². The van der Waals surface area contributed by atoms with E-state index >= 15 is 0 Å². The molecule has 0 radical (unpaired) electrons. The van der Waals surface area contributed by atoms with E-state index in [0.29, 0.717) is 0 Å². The van der Waals surface area contributed by atoms with Crippen LogP contribution in [-0.4, -0.2) is 6.19 Å². The standard InChI is InChI=1S/2C8H11.C2H6Si.2ClH.Ti/c2*1-3-8-5-4-7(2)6-8;1-3-2;;;/h2*6H,3,5H2,1-2H3;1-2H3;2*1H;/q2*-1;;;;+2. The molecule has 2 aliphatic carbocycles. The number of hydrogen-bond acceptors (Lipinski definition) is 0. The second kappa shape index (κ2) is 16.3. The summed E-state index contributed by atoms with van der Waals surface area (Å²) in [6, 6.07) is 0. The van der Waals surface area contributed by atoms with Crippen molar-refractivity contribution in [2.75, 3.05) is 0 Å². The van der Waals surface area contributed by atoms with E-state index in [-0.39, 0.29) is 31.0 Å². The van der Waals surface area contributed by atoms with Crippen molar-refractivity contribution in [3.63, 3.8) is 0 Å². The molecule has 0 atom stereocenters. The maximum absolute atomic E-state index is 3.24. The Balaban J connectivity index is -0.000000249. The molecule has 0 aliphatic heterocycles. The molecule has 0 heterocycles. The summed E-state index contributed by atoms with van der Waals surface area (Å²) in [5.74, 6) is 0. The Kier molecular flexibility index (Phi) is 20.3. The zero-order valence-electron chi connectivity index (χ0n) is 14.8. The van der Waals surface area contributed by atoms with E-state index in [9.17, 15) is 0 Å². The van der Waals surface area contributed by atoms with E-state index in [2.05, 4.69) is 84.3 Å². The average Bonchev–Trinajstić information content (AvgIpc) is 2.97. The van der Waals surface area contributed by atoms with Gasteiger partial charge in [0.2, 0.25) is 0 Å². The van der Waals surface area contributed by atoms with Crippen molar-refractivity contribution in [1.29, 1.82) is 0 Å². The Labute approximate surface area is 162 Å². The first-order valence-corrected chi connectivity index (χ1v) is 12.3. The summed E-state index contributed by atoms with van der Waals surface area (Å²) in [7, 11) is 0. The van der Waals surface area contributed by atoms with Gasteiger partial charge in [-0.05, 0) is 0 Å². The van der Waals surface area contributed by atoms with Gasteiger partial charge in [0.05, 0.1) is 0 Å². The fourth-order valence-electron chi connectivity index (χ4n) is 1.78. The van der Waals surface area contributed by atoms with Crippen molar-refractivity contribution >= 4 is 31.0 Å². The molecule has 0 fully saturated rings. The van der Waals surface area contributed by atoms with Crippen molar-refractivity contribution in [3.8, 4) is 0 Å². The van der Waals surface area contributed by atoms with Gasteiger partial charge < -0.3 is 0 Å². The van der Waals surface area contributed by atoms with Gasteiger partial charge in [0, 0.05) is 0 Å². The van der Waals surface area contributed by atoms with Crippen molar-refractivity contribution < 1.29 is 19.2 Å². The van der Waals surface area contributed by atoms with Gasteiger partial charge >= 0.3 is 38.5 Å². The normalized spacial score (nSPS) is 14.5. The second-order valence-corrected chi connectivity index (χ2v) is 12.1. The summed E-state index contributed by atoms with van der Waals surface area (Å²) >= 11 is 2.27. The topological polar surface area (TPSA) is 0 Å². The fraction of sp³-hybridized carbons (Fsp3) is 0.556. The molecule has 0 spiro atoms. The molecule has 0 saturated heterocycles. The molecule has 0 aromatic carbocycles. The van der Waals surface area contributed by atoms with Crippen molar-refractivity contribution in [2.24, 2.45) is 0 Å². The van der Waals surface area contributed by atoms with Crippen LogP contribution < -0.4 is 0 Å². The molecular weight excluding hydrogens is 363 g/mol. The Morgan fingerprint density at radius 3 is 1.27 bits per heavy atom. The van der Waals surface area contributed by atoms with E-state index in [1.165, 1.54) is 35.1 Å². The summed E-state index contributed by atoms with van der Waals surface area (Å²) < 4.78 is 0. The molecule has 124 valence electrons. The van der Waals surface area contributed by atoms with Crippen LogP contribution in [0.25, 0.3) is 0 Å². The quantitative estimate of drug-likeness (QED) is 0.367. The fourth-order valence-corrected chi connectivity index (χ4v) is 1.78. The minimum Gasteiger partial charge on any atom is -0.147 e. The predicted octanol–water partition coefficient (Wildman–Crippen LogP) is 6.58. The van der Waals surface area contributed by atoms with E-state index in [0.717, 1.165) is 12.8 Å². The minimum absolute atomic E-state index is 0. The zero-order valence-corrected chi connectivity index (χ0v) is 19.0.